The molecule has 0 spiro atoms. The lowest BCUT2D eigenvalue weighted by molar-refractivity contribution is 0.0287. The molecule has 1 atom stereocenters. The first-order valence-electron chi connectivity index (χ1n) is 34.4. The number of carbonyl (C=O) groups excluding carboxylic acids is 3. The largest absolute Gasteiger partial charge is 0.489 e. The highest BCUT2D eigenvalue weighted by atomic mass is 32.1. The van der Waals surface area contributed by atoms with Crippen LogP contribution in [0.2, 0.25) is 0 Å². The Balaban J connectivity index is 0.000000157. The number of benzene rings is 4. The van der Waals surface area contributed by atoms with Gasteiger partial charge in [0.05, 0.1) is 59.9 Å². The molecule has 8 N–H and O–H groups in total. The summed E-state index contributed by atoms with van der Waals surface area (Å²) in [5.41, 5.74) is 3.91. The standard InChI is InChI=1S/C20H23FN6O3S.C20H25FN6O2S.C17H17FN4O2S.C15H13FN4O3S/c1-11(2)30-15-7-12(21)3-4-14(15)26-17-16-19(25-10-24-17)31-20(27-16)18(28)23-9-13-8-22-5-6-29-13;1-12(2)29-15-10-13(21)6-7-14(15)25-17-16-19(24-11-23-17)30-20(26-16)18(28)22-8-5-9-27(3)4;1-4-12(23)16-22-14-15(19-8-20-17(14)25-16)21-11-6-5-10(18)7-13(11)24-9(2)3;1-7(2)23-10-5-8(16)3-4-9(10)19-12-11-13(18-6-17-12)24-14(20-11)15(21)22/h3-4,7,10-11,13,22H,5-6,8-9H2,1-2H3,(H,23,28)(H,24,25,26);6-7,10-12H,5,8-9H2,1-4H3,(H,22,28)(H,23,24,25);5-9H,4H2,1-3H3,(H,19,20,21);3-7H,1-2H3,(H,21,22)(H,17,18,19). The number of fused-ring (bicyclic) bond motifs is 4. The fraction of sp³-hybridized carbons (Fsp3) is 0.333. The molecule has 8 aromatic heterocycles. The zero-order valence-corrected chi connectivity index (χ0v) is 64.6. The van der Waals surface area contributed by atoms with Gasteiger partial charge in [-0.1, -0.05) is 52.3 Å². The van der Waals surface area contributed by atoms with Gasteiger partial charge in [-0.2, -0.15) is 0 Å². The van der Waals surface area contributed by atoms with Crippen LogP contribution in [0.3, 0.4) is 0 Å². The van der Waals surface area contributed by atoms with Crippen LogP contribution in [0, 0.1) is 23.3 Å². The second-order valence-electron chi connectivity index (χ2n) is 25.2. The van der Waals surface area contributed by atoms with Crippen molar-refractivity contribution in [2.75, 3.05) is 74.7 Å². The first-order valence-corrected chi connectivity index (χ1v) is 37.7. The highest BCUT2D eigenvalue weighted by Crippen LogP contribution is 2.38. The average Bonchev–Trinajstić information content (AvgIpc) is 1.67. The number of nitrogens with one attached hydrogen (secondary N) is 7. The van der Waals surface area contributed by atoms with Gasteiger partial charge in [0, 0.05) is 56.9 Å². The Morgan fingerprint density at radius 1 is 0.509 bits per heavy atom. The Labute approximate surface area is 643 Å². The minimum atomic E-state index is -1.13. The molecule has 0 bridgehead atoms. The summed E-state index contributed by atoms with van der Waals surface area (Å²) >= 11 is 4.55. The molecule has 13 rings (SSSR count). The molecule has 9 heterocycles. The van der Waals surface area contributed by atoms with E-state index in [0.717, 1.165) is 30.8 Å². The molecule has 1 fully saturated rings. The Bertz CT molecular complexity index is 5200. The van der Waals surface area contributed by atoms with Crippen LogP contribution in [0.4, 0.5) is 63.6 Å². The van der Waals surface area contributed by atoms with Crippen LogP contribution >= 0.6 is 45.3 Å². The van der Waals surface area contributed by atoms with E-state index in [-0.39, 0.29) is 58.1 Å². The molecule has 30 nitrogen and oxygen atoms in total. The zero-order chi connectivity index (χ0) is 78.7. The van der Waals surface area contributed by atoms with Crippen molar-refractivity contribution in [3.8, 4) is 23.0 Å². The van der Waals surface area contributed by atoms with E-state index < -0.39 is 29.2 Å². The summed E-state index contributed by atoms with van der Waals surface area (Å²) in [4.78, 5) is 103. The Kier molecular flexibility index (Phi) is 28.3. The lowest BCUT2D eigenvalue weighted by Gasteiger charge is -2.23. The summed E-state index contributed by atoms with van der Waals surface area (Å²) in [5.74, 6) is -0.316. The number of rotatable bonds is 27. The second kappa shape index (κ2) is 38.3. The van der Waals surface area contributed by atoms with Crippen molar-refractivity contribution >= 4 is 156 Å². The minimum absolute atomic E-state index is 0.0421. The molecule has 0 aliphatic carbocycles. The monoisotopic (exact) mass is 1590 g/mol. The van der Waals surface area contributed by atoms with Crippen LogP contribution in [0.25, 0.3) is 41.4 Å². The van der Waals surface area contributed by atoms with Crippen LogP contribution in [0.1, 0.15) is 114 Å². The van der Waals surface area contributed by atoms with E-state index >= 15 is 0 Å². The summed E-state index contributed by atoms with van der Waals surface area (Å²) < 4.78 is 82.6. The maximum absolute atomic E-state index is 13.7. The molecule has 4 aromatic carbocycles. The number of aromatic carboxylic acids is 1. The van der Waals surface area contributed by atoms with Gasteiger partial charge in [-0.3, -0.25) is 14.4 Å². The number of ketones is 1. The third-order valence-electron chi connectivity index (χ3n) is 14.7. The van der Waals surface area contributed by atoms with E-state index in [1.54, 1.807) is 25.1 Å². The molecular weight excluding hydrogens is 1510 g/mol. The zero-order valence-electron chi connectivity index (χ0n) is 61.4. The molecular formula is C72H78F4N20O10S4. The topological polar surface area (TPSA) is 377 Å². The van der Waals surface area contributed by atoms with E-state index in [1.165, 1.54) is 114 Å². The Morgan fingerprint density at radius 3 is 1.17 bits per heavy atom. The molecule has 1 unspecified atom stereocenters. The molecule has 1 saturated heterocycles. The lowest BCUT2D eigenvalue weighted by atomic mass is 10.2. The Hall–Kier alpha value is -11.2. The summed E-state index contributed by atoms with van der Waals surface area (Å²) in [6.45, 7) is 20.6. The van der Waals surface area contributed by atoms with E-state index in [0.29, 0.717) is 153 Å². The summed E-state index contributed by atoms with van der Waals surface area (Å²) in [7, 11) is 3.97. The number of amides is 2. The smallest absolute Gasteiger partial charge is 0.365 e. The van der Waals surface area contributed by atoms with Crippen molar-refractivity contribution in [1.29, 1.82) is 0 Å². The van der Waals surface area contributed by atoms with Gasteiger partial charge in [-0.25, -0.2) is 82.2 Å². The predicted molar refractivity (Wildman–Crippen MR) is 415 cm³/mol. The van der Waals surface area contributed by atoms with Gasteiger partial charge in [0.2, 0.25) is 5.01 Å². The number of hydrogen-bond acceptors (Lipinski definition) is 31. The number of aromatic nitrogens is 12. The van der Waals surface area contributed by atoms with Crippen molar-refractivity contribution in [2.45, 2.75) is 106 Å². The van der Waals surface area contributed by atoms with Crippen molar-refractivity contribution < 1.29 is 65.5 Å². The van der Waals surface area contributed by atoms with Crippen LogP contribution in [-0.4, -0.2) is 177 Å². The summed E-state index contributed by atoms with van der Waals surface area (Å²) in [6.07, 6.45) is 6.13. The number of halogens is 4. The van der Waals surface area contributed by atoms with Gasteiger partial charge < -0.3 is 70.9 Å². The SMILES string of the molecule is CC(C)Oc1cc(F)ccc1Nc1ncnc2sc(C(=O)NCC3CNCCO3)nc12.CC(C)Oc1cc(F)ccc1Nc1ncnc2sc(C(=O)NCCCN(C)C)nc12.CC(C)Oc1cc(F)ccc1Nc1ncnc2sc(C(=O)O)nc12.CCC(=O)c1nc2c(Nc3ccc(F)cc3OC(C)C)ncnc2s1. The van der Waals surface area contributed by atoms with Gasteiger partial charge in [0.15, 0.2) is 44.1 Å². The number of carboxylic acids is 1. The van der Waals surface area contributed by atoms with Gasteiger partial charge in [-0.05, 0) is 131 Å². The number of ether oxygens (including phenoxy) is 5. The van der Waals surface area contributed by atoms with E-state index in [9.17, 15) is 36.7 Å². The number of carboxylic acid groups (broad SMARTS) is 1. The first-order chi connectivity index (χ1) is 52.7. The second-order valence-corrected chi connectivity index (χ2v) is 29.1. The first kappa shape index (κ1) is 81.4. The number of anilines is 8. The van der Waals surface area contributed by atoms with Crippen LogP contribution in [0.15, 0.2) is 98.1 Å². The van der Waals surface area contributed by atoms with Gasteiger partial charge >= 0.3 is 5.97 Å². The number of Topliss-reactive ketones (excluding diaryl/α,β-unsaturated/α-hetero) is 1. The molecule has 12 aromatic rings. The summed E-state index contributed by atoms with van der Waals surface area (Å²) in [6, 6.07) is 16.7. The fourth-order valence-corrected chi connectivity index (χ4v) is 13.3. The van der Waals surface area contributed by atoms with Crippen molar-refractivity contribution in [3.63, 3.8) is 0 Å². The van der Waals surface area contributed by atoms with Gasteiger partial charge in [-0.15, -0.1) is 0 Å². The lowest BCUT2D eigenvalue weighted by Crippen LogP contribution is -2.45. The highest BCUT2D eigenvalue weighted by Gasteiger charge is 2.24. The van der Waals surface area contributed by atoms with E-state index in [4.69, 9.17) is 28.8 Å². The van der Waals surface area contributed by atoms with E-state index in [2.05, 4.69) is 102 Å². The van der Waals surface area contributed by atoms with Crippen molar-refractivity contribution in [1.82, 2.24) is 80.7 Å². The van der Waals surface area contributed by atoms with Crippen molar-refractivity contribution in [2.24, 2.45) is 0 Å². The molecule has 1 aliphatic rings. The van der Waals surface area contributed by atoms with Gasteiger partial charge in [0.1, 0.15) is 113 Å². The summed E-state index contributed by atoms with van der Waals surface area (Å²) in [5, 5.41) is 31.3. The van der Waals surface area contributed by atoms with E-state index in [1.807, 2.05) is 69.5 Å². The normalized spacial score (nSPS) is 12.6. The van der Waals surface area contributed by atoms with Gasteiger partial charge in [0.25, 0.3) is 11.8 Å². The number of nitrogens with zero attached hydrogens (tertiary/aromatic N) is 13. The quantitative estimate of drug-likeness (QED) is 0.0135. The number of carbonyl (C=O) groups is 4. The number of hydrogen-bond donors (Lipinski definition) is 8. The highest BCUT2D eigenvalue weighted by molar-refractivity contribution is 7.21. The molecule has 1 aliphatic heterocycles. The third kappa shape index (κ3) is 22.5. The maximum Gasteiger partial charge on any atom is 0.365 e. The Morgan fingerprint density at radius 2 is 0.845 bits per heavy atom. The average molecular weight is 1590 g/mol. The molecule has 2 amide bonds. The molecule has 38 heteroatoms. The number of morpholine rings is 1. The van der Waals surface area contributed by atoms with Crippen LogP contribution in [0.5, 0.6) is 23.0 Å². The molecule has 0 saturated carbocycles. The van der Waals surface area contributed by atoms with Crippen LogP contribution < -0.4 is 56.2 Å². The fourth-order valence-electron chi connectivity index (χ4n) is 9.96. The van der Waals surface area contributed by atoms with Crippen molar-refractivity contribution in [3.05, 3.63) is 141 Å². The predicted octanol–water partition coefficient (Wildman–Crippen LogP) is 13.7. The molecule has 578 valence electrons. The van der Waals surface area contributed by atoms with Crippen LogP contribution in [-0.2, 0) is 4.74 Å². The minimum Gasteiger partial charge on any atom is -0.489 e. The number of thiazole rings is 4. The third-order valence-corrected chi connectivity index (χ3v) is 18.6. The molecule has 0 radical (unpaired) electrons. The maximum atomic E-state index is 13.7. The molecule has 110 heavy (non-hydrogen) atoms.